The van der Waals surface area contributed by atoms with Crippen LogP contribution in [0.3, 0.4) is 0 Å². The third-order valence-electron chi connectivity index (χ3n) is 2.63. The summed E-state index contributed by atoms with van der Waals surface area (Å²) in [6.07, 6.45) is 4.41. The molecule has 0 fully saturated rings. The maximum absolute atomic E-state index is 11.7. The van der Waals surface area contributed by atoms with Crippen molar-refractivity contribution in [3.63, 3.8) is 0 Å². The van der Waals surface area contributed by atoms with Gasteiger partial charge in [-0.15, -0.1) is 0 Å². The van der Waals surface area contributed by atoms with Gasteiger partial charge < -0.3 is 19.1 Å². The van der Waals surface area contributed by atoms with E-state index in [0.717, 1.165) is 0 Å². The number of rotatable bonds is 7. The van der Waals surface area contributed by atoms with Gasteiger partial charge in [0.15, 0.2) is 0 Å². The van der Waals surface area contributed by atoms with Crippen LogP contribution in [0, 0.1) is 0 Å². The second kappa shape index (κ2) is 7.42. The van der Waals surface area contributed by atoms with Gasteiger partial charge in [-0.3, -0.25) is 0 Å². The van der Waals surface area contributed by atoms with Crippen LogP contribution < -0.4 is 0 Å². The van der Waals surface area contributed by atoms with Crippen molar-refractivity contribution in [1.29, 1.82) is 0 Å². The highest BCUT2D eigenvalue weighted by Crippen LogP contribution is 2.03. The number of benzene rings is 1. The van der Waals surface area contributed by atoms with Gasteiger partial charge in [0.05, 0.1) is 18.5 Å². The second-order valence-corrected chi connectivity index (χ2v) is 4.14. The number of nitrogens with zero attached hydrogens (tertiary/aromatic N) is 2. The van der Waals surface area contributed by atoms with Gasteiger partial charge in [0.1, 0.15) is 19.4 Å². The first-order valence-corrected chi connectivity index (χ1v) is 6.20. The topological polar surface area (TPSA) is 73.6 Å². The Morgan fingerprint density at radius 1 is 1.35 bits per heavy atom. The number of carbonyl (C=O) groups excluding carboxylic acids is 1. The van der Waals surface area contributed by atoms with Crippen molar-refractivity contribution in [3.05, 3.63) is 54.6 Å². The van der Waals surface area contributed by atoms with Crippen LogP contribution >= 0.6 is 0 Å². The molecule has 106 valence electrons. The van der Waals surface area contributed by atoms with Crippen LogP contribution in [0.4, 0.5) is 0 Å². The Morgan fingerprint density at radius 3 is 2.80 bits per heavy atom. The molecule has 0 aliphatic carbocycles. The molecule has 1 unspecified atom stereocenters. The minimum Gasteiger partial charge on any atom is -0.459 e. The van der Waals surface area contributed by atoms with Crippen LogP contribution in [-0.2, 0) is 16.2 Å². The van der Waals surface area contributed by atoms with Crippen LogP contribution in [0.25, 0.3) is 0 Å². The molecule has 0 saturated carbocycles. The summed E-state index contributed by atoms with van der Waals surface area (Å²) in [5.74, 6) is -0.435. The molecule has 1 N–H and O–H groups in total. The third kappa shape index (κ3) is 4.18. The molecular weight excluding hydrogens is 260 g/mol. The minimum atomic E-state index is -0.565. The average Bonchev–Trinajstić information content (AvgIpc) is 3.01. The molecule has 1 aromatic carbocycles. The van der Waals surface area contributed by atoms with Crippen LogP contribution in [-0.4, -0.2) is 39.9 Å². The zero-order chi connectivity index (χ0) is 14.2. The van der Waals surface area contributed by atoms with Crippen molar-refractivity contribution < 1.29 is 19.4 Å². The fraction of sp³-hybridized carbons (Fsp3) is 0.286. The van der Waals surface area contributed by atoms with Gasteiger partial charge in [-0.25, -0.2) is 9.78 Å². The number of imidazole rings is 1. The van der Waals surface area contributed by atoms with Gasteiger partial charge in [0, 0.05) is 12.4 Å². The fourth-order valence-corrected chi connectivity index (χ4v) is 1.53. The molecule has 6 nitrogen and oxygen atoms in total. The smallest absolute Gasteiger partial charge is 0.338 e. The molecule has 0 radical (unpaired) electrons. The molecule has 0 saturated heterocycles. The molecule has 2 aromatic rings. The fourth-order valence-electron chi connectivity index (χ4n) is 1.53. The van der Waals surface area contributed by atoms with Crippen molar-refractivity contribution in [1.82, 2.24) is 9.55 Å². The largest absolute Gasteiger partial charge is 0.459 e. The molecule has 0 aliphatic rings. The summed E-state index contributed by atoms with van der Waals surface area (Å²) in [5.41, 5.74) is 0.471. The zero-order valence-corrected chi connectivity index (χ0v) is 10.9. The minimum absolute atomic E-state index is 0.00107. The van der Waals surface area contributed by atoms with E-state index in [1.165, 1.54) is 0 Å². The van der Waals surface area contributed by atoms with E-state index in [2.05, 4.69) is 4.98 Å². The normalized spacial score (nSPS) is 12.1. The van der Waals surface area contributed by atoms with E-state index in [1.807, 2.05) is 6.07 Å². The number of aromatic nitrogens is 2. The lowest BCUT2D eigenvalue weighted by molar-refractivity contribution is -0.0568. The lowest BCUT2D eigenvalue weighted by Gasteiger charge is -2.15. The summed E-state index contributed by atoms with van der Waals surface area (Å²) in [4.78, 5) is 15.6. The third-order valence-corrected chi connectivity index (χ3v) is 2.63. The van der Waals surface area contributed by atoms with E-state index in [9.17, 15) is 9.90 Å². The summed E-state index contributed by atoms with van der Waals surface area (Å²) in [7, 11) is 0. The Bertz CT molecular complexity index is 513. The lowest BCUT2D eigenvalue weighted by atomic mass is 10.2. The first-order valence-electron chi connectivity index (χ1n) is 6.20. The summed E-state index contributed by atoms with van der Waals surface area (Å²) >= 11 is 0. The highest BCUT2D eigenvalue weighted by atomic mass is 16.6. The first kappa shape index (κ1) is 14.2. The summed E-state index contributed by atoms with van der Waals surface area (Å²) < 4.78 is 12.2. The van der Waals surface area contributed by atoms with Crippen molar-refractivity contribution in [2.45, 2.75) is 12.8 Å². The molecule has 2 rings (SSSR count). The van der Waals surface area contributed by atoms with E-state index in [4.69, 9.17) is 9.47 Å². The SMILES string of the molecule is O=C(OCC(CO)OCn1ccnc1)c1ccccc1. The molecule has 0 bridgehead atoms. The Balaban J connectivity index is 1.77. The number of esters is 1. The monoisotopic (exact) mass is 276 g/mol. The Kier molecular flexibility index (Phi) is 5.28. The molecule has 20 heavy (non-hydrogen) atoms. The van der Waals surface area contributed by atoms with Gasteiger partial charge in [-0.1, -0.05) is 18.2 Å². The summed E-state index contributed by atoms with van der Waals surface area (Å²) in [5, 5.41) is 9.20. The Labute approximate surface area is 116 Å². The standard InChI is InChI=1S/C14H16N2O4/c17-8-13(20-11-16-7-6-15-10-16)9-19-14(18)12-4-2-1-3-5-12/h1-7,10,13,17H,8-9,11H2. The van der Waals surface area contributed by atoms with Gasteiger partial charge in [-0.2, -0.15) is 0 Å². The number of hydrogen-bond acceptors (Lipinski definition) is 5. The van der Waals surface area contributed by atoms with E-state index < -0.39 is 12.1 Å². The number of aliphatic hydroxyl groups is 1. The molecule has 1 heterocycles. The van der Waals surface area contributed by atoms with Crippen molar-refractivity contribution in [3.8, 4) is 0 Å². The van der Waals surface area contributed by atoms with E-state index in [-0.39, 0.29) is 19.9 Å². The number of aliphatic hydroxyl groups excluding tert-OH is 1. The molecule has 0 aliphatic heterocycles. The Morgan fingerprint density at radius 2 is 2.15 bits per heavy atom. The maximum atomic E-state index is 11.7. The quantitative estimate of drug-likeness (QED) is 0.766. The number of ether oxygens (including phenoxy) is 2. The molecule has 1 atom stereocenters. The van der Waals surface area contributed by atoms with Gasteiger partial charge in [0.2, 0.25) is 0 Å². The predicted molar refractivity (Wildman–Crippen MR) is 70.9 cm³/mol. The molecular formula is C14H16N2O4. The zero-order valence-electron chi connectivity index (χ0n) is 10.9. The predicted octanol–water partition coefficient (Wildman–Crippen LogP) is 1.08. The highest BCUT2D eigenvalue weighted by Gasteiger charge is 2.13. The molecule has 0 spiro atoms. The Hall–Kier alpha value is -2.18. The van der Waals surface area contributed by atoms with Crippen LogP contribution in [0.2, 0.25) is 0 Å². The first-order chi connectivity index (χ1) is 9.79. The average molecular weight is 276 g/mol. The number of carbonyl (C=O) groups is 1. The van der Waals surface area contributed by atoms with Gasteiger partial charge in [0.25, 0.3) is 0 Å². The van der Waals surface area contributed by atoms with Crippen molar-refractivity contribution >= 4 is 5.97 Å². The van der Waals surface area contributed by atoms with Gasteiger partial charge in [-0.05, 0) is 12.1 Å². The second-order valence-electron chi connectivity index (χ2n) is 4.14. The summed E-state index contributed by atoms with van der Waals surface area (Å²) in [6, 6.07) is 8.68. The maximum Gasteiger partial charge on any atom is 0.338 e. The van der Waals surface area contributed by atoms with E-state index in [0.29, 0.717) is 5.56 Å². The van der Waals surface area contributed by atoms with Crippen molar-refractivity contribution in [2.75, 3.05) is 13.2 Å². The van der Waals surface area contributed by atoms with E-state index >= 15 is 0 Å². The molecule has 1 aromatic heterocycles. The number of hydrogen-bond donors (Lipinski definition) is 1. The van der Waals surface area contributed by atoms with Crippen LogP contribution in [0.5, 0.6) is 0 Å². The van der Waals surface area contributed by atoms with E-state index in [1.54, 1.807) is 47.6 Å². The lowest BCUT2D eigenvalue weighted by Crippen LogP contribution is -2.26. The van der Waals surface area contributed by atoms with Crippen molar-refractivity contribution in [2.24, 2.45) is 0 Å². The molecule has 6 heteroatoms. The molecule has 0 amide bonds. The van der Waals surface area contributed by atoms with Crippen LogP contribution in [0.15, 0.2) is 49.1 Å². The van der Waals surface area contributed by atoms with Crippen LogP contribution in [0.1, 0.15) is 10.4 Å². The highest BCUT2D eigenvalue weighted by molar-refractivity contribution is 5.89. The van der Waals surface area contributed by atoms with Gasteiger partial charge >= 0.3 is 5.97 Å². The summed E-state index contributed by atoms with van der Waals surface area (Å²) in [6.45, 7) is 0.0177.